The molecule has 0 aliphatic heterocycles. The van der Waals surface area contributed by atoms with E-state index in [0.717, 1.165) is 12.2 Å². The molecule has 0 fully saturated rings. The summed E-state index contributed by atoms with van der Waals surface area (Å²) in [4.78, 5) is 16.0. The van der Waals surface area contributed by atoms with Crippen molar-refractivity contribution in [1.29, 1.82) is 0 Å². The van der Waals surface area contributed by atoms with Crippen LogP contribution in [-0.4, -0.2) is 37.7 Å². The Morgan fingerprint density at radius 2 is 2.29 bits per heavy atom. The number of ether oxygens (including phenoxy) is 1. The number of carbonyl (C=O) groups excluding carboxylic acids is 1. The molecule has 1 unspecified atom stereocenters. The maximum Gasteiger partial charge on any atom is 0.253 e. The van der Waals surface area contributed by atoms with Crippen molar-refractivity contribution in [3.05, 3.63) is 23.9 Å². The molecule has 0 radical (unpaired) electrons. The van der Waals surface area contributed by atoms with Crippen LogP contribution in [0.3, 0.4) is 0 Å². The van der Waals surface area contributed by atoms with Crippen LogP contribution in [0.25, 0.3) is 0 Å². The average molecular weight is 237 g/mol. The van der Waals surface area contributed by atoms with Crippen LogP contribution in [0, 0.1) is 0 Å². The van der Waals surface area contributed by atoms with Crippen LogP contribution in [0.2, 0.25) is 0 Å². The van der Waals surface area contributed by atoms with E-state index in [9.17, 15) is 4.79 Å². The standard InChI is InChI=1S/C12H19N3O2/c1-4-10(8-17-3)15-12(16)9-5-6-11(13-2)14-7-9/h5-7,10H,4,8H2,1-3H3,(H,13,14)(H,15,16). The molecule has 0 aliphatic rings. The molecule has 1 aromatic rings. The van der Waals surface area contributed by atoms with E-state index in [1.54, 1.807) is 32.5 Å². The van der Waals surface area contributed by atoms with Gasteiger partial charge in [0, 0.05) is 20.4 Å². The number of hydrogen-bond acceptors (Lipinski definition) is 4. The number of pyridine rings is 1. The zero-order valence-corrected chi connectivity index (χ0v) is 10.5. The Hall–Kier alpha value is -1.62. The third-order valence-electron chi connectivity index (χ3n) is 2.48. The van der Waals surface area contributed by atoms with Crippen LogP contribution in [0.15, 0.2) is 18.3 Å². The van der Waals surface area contributed by atoms with Crippen molar-refractivity contribution in [2.75, 3.05) is 26.1 Å². The molecule has 0 spiro atoms. The van der Waals surface area contributed by atoms with E-state index in [0.29, 0.717) is 12.2 Å². The summed E-state index contributed by atoms with van der Waals surface area (Å²) in [6.45, 7) is 2.52. The van der Waals surface area contributed by atoms with E-state index in [-0.39, 0.29) is 11.9 Å². The number of nitrogens with zero attached hydrogens (tertiary/aromatic N) is 1. The van der Waals surface area contributed by atoms with Gasteiger partial charge in [-0.05, 0) is 18.6 Å². The summed E-state index contributed by atoms with van der Waals surface area (Å²) in [6, 6.07) is 3.55. The predicted octanol–water partition coefficient (Wildman–Crippen LogP) is 1.28. The fraction of sp³-hybridized carbons (Fsp3) is 0.500. The topological polar surface area (TPSA) is 63.2 Å². The van der Waals surface area contributed by atoms with Crippen molar-refractivity contribution in [3.63, 3.8) is 0 Å². The number of methoxy groups -OCH3 is 1. The first-order valence-corrected chi connectivity index (χ1v) is 5.64. The third kappa shape index (κ3) is 4.03. The number of rotatable bonds is 6. The normalized spacial score (nSPS) is 11.9. The summed E-state index contributed by atoms with van der Waals surface area (Å²) in [5.41, 5.74) is 0.554. The Balaban J connectivity index is 2.62. The molecule has 0 bridgehead atoms. The Kier molecular flexibility index (Phi) is 5.42. The van der Waals surface area contributed by atoms with Gasteiger partial charge >= 0.3 is 0 Å². The highest BCUT2D eigenvalue weighted by Crippen LogP contribution is 2.04. The van der Waals surface area contributed by atoms with Gasteiger partial charge in [-0.1, -0.05) is 6.92 Å². The molecule has 0 aromatic carbocycles. The largest absolute Gasteiger partial charge is 0.383 e. The molecule has 1 atom stereocenters. The minimum Gasteiger partial charge on any atom is -0.383 e. The quantitative estimate of drug-likeness (QED) is 0.782. The van der Waals surface area contributed by atoms with E-state index in [1.807, 2.05) is 6.92 Å². The van der Waals surface area contributed by atoms with Crippen molar-refractivity contribution in [2.45, 2.75) is 19.4 Å². The van der Waals surface area contributed by atoms with Crippen LogP contribution in [-0.2, 0) is 4.74 Å². The number of nitrogens with one attached hydrogen (secondary N) is 2. The van der Waals surface area contributed by atoms with Crippen molar-refractivity contribution in [2.24, 2.45) is 0 Å². The SMILES string of the molecule is CCC(COC)NC(=O)c1ccc(NC)nc1. The van der Waals surface area contributed by atoms with Crippen molar-refractivity contribution >= 4 is 11.7 Å². The molecule has 0 saturated heterocycles. The lowest BCUT2D eigenvalue weighted by Gasteiger charge is -2.15. The number of anilines is 1. The van der Waals surface area contributed by atoms with E-state index < -0.39 is 0 Å². The molecule has 1 amide bonds. The van der Waals surface area contributed by atoms with Gasteiger partial charge in [0.15, 0.2) is 0 Å². The average Bonchev–Trinajstić information content (AvgIpc) is 2.38. The minimum absolute atomic E-state index is 0.0384. The second kappa shape index (κ2) is 6.85. The number of hydrogen-bond donors (Lipinski definition) is 2. The third-order valence-corrected chi connectivity index (χ3v) is 2.48. The van der Waals surface area contributed by atoms with Gasteiger partial charge < -0.3 is 15.4 Å². The fourth-order valence-electron chi connectivity index (χ4n) is 1.41. The second-order valence-corrected chi connectivity index (χ2v) is 3.72. The van der Waals surface area contributed by atoms with Gasteiger partial charge in [0.25, 0.3) is 5.91 Å². The van der Waals surface area contributed by atoms with Gasteiger partial charge in [-0.15, -0.1) is 0 Å². The predicted molar refractivity (Wildman–Crippen MR) is 67.2 cm³/mol. The van der Waals surface area contributed by atoms with Gasteiger partial charge in [-0.3, -0.25) is 4.79 Å². The molecule has 1 aromatic heterocycles. The van der Waals surface area contributed by atoms with E-state index >= 15 is 0 Å². The van der Waals surface area contributed by atoms with Gasteiger partial charge in [0.05, 0.1) is 18.2 Å². The van der Waals surface area contributed by atoms with Crippen molar-refractivity contribution < 1.29 is 9.53 Å². The fourth-order valence-corrected chi connectivity index (χ4v) is 1.41. The lowest BCUT2D eigenvalue weighted by molar-refractivity contribution is 0.0894. The molecule has 17 heavy (non-hydrogen) atoms. The highest BCUT2D eigenvalue weighted by Gasteiger charge is 2.11. The Labute approximate surface area is 102 Å². The van der Waals surface area contributed by atoms with Gasteiger partial charge in [0.2, 0.25) is 0 Å². The summed E-state index contributed by atoms with van der Waals surface area (Å²) in [5.74, 6) is 0.620. The molecular weight excluding hydrogens is 218 g/mol. The molecule has 5 heteroatoms. The molecule has 0 aliphatic carbocycles. The molecule has 94 valence electrons. The van der Waals surface area contributed by atoms with Crippen LogP contribution in [0.5, 0.6) is 0 Å². The summed E-state index contributed by atoms with van der Waals surface area (Å²) in [5, 5.41) is 5.80. The van der Waals surface area contributed by atoms with E-state index in [1.165, 1.54) is 0 Å². The molecule has 1 heterocycles. The van der Waals surface area contributed by atoms with Crippen LogP contribution >= 0.6 is 0 Å². The van der Waals surface area contributed by atoms with Crippen LogP contribution in [0.4, 0.5) is 5.82 Å². The smallest absolute Gasteiger partial charge is 0.253 e. The van der Waals surface area contributed by atoms with E-state index in [2.05, 4.69) is 15.6 Å². The summed E-state index contributed by atoms with van der Waals surface area (Å²) < 4.78 is 5.03. The first-order chi connectivity index (χ1) is 8.21. The molecule has 1 rings (SSSR count). The zero-order chi connectivity index (χ0) is 12.7. The highest BCUT2D eigenvalue weighted by atomic mass is 16.5. The number of aromatic nitrogens is 1. The summed E-state index contributed by atoms with van der Waals surface area (Å²) >= 11 is 0. The Morgan fingerprint density at radius 3 is 2.76 bits per heavy atom. The van der Waals surface area contributed by atoms with Crippen molar-refractivity contribution in [1.82, 2.24) is 10.3 Å². The lowest BCUT2D eigenvalue weighted by Crippen LogP contribution is -2.37. The maximum absolute atomic E-state index is 11.9. The monoisotopic (exact) mass is 237 g/mol. The van der Waals surface area contributed by atoms with E-state index in [4.69, 9.17) is 4.74 Å². The first-order valence-electron chi connectivity index (χ1n) is 5.64. The Bertz CT molecular complexity index is 351. The molecular formula is C12H19N3O2. The lowest BCUT2D eigenvalue weighted by atomic mass is 10.2. The second-order valence-electron chi connectivity index (χ2n) is 3.72. The summed E-state index contributed by atoms with van der Waals surface area (Å²) in [6.07, 6.45) is 2.39. The van der Waals surface area contributed by atoms with Gasteiger partial charge in [-0.2, -0.15) is 0 Å². The summed E-state index contributed by atoms with van der Waals surface area (Å²) in [7, 11) is 3.41. The zero-order valence-electron chi connectivity index (χ0n) is 10.5. The van der Waals surface area contributed by atoms with Gasteiger partial charge in [0.1, 0.15) is 5.82 Å². The molecule has 0 saturated carbocycles. The molecule has 5 nitrogen and oxygen atoms in total. The van der Waals surface area contributed by atoms with Crippen LogP contribution in [0.1, 0.15) is 23.7 Å². The minimum atomic E-state index is -0.121. The number of amides is 1. The Morgan fingerprint density at radius 1 is 1.53 bits per heavy atom. The first kappa shape index (κ1) is 13.4. The van der Waals surface area contributed by atoms with Crippen LogP contribution < -0.4 is 10.6 Å². The highest BCUT2D eigenvalue weighted by molar-refractivity contribution is 5.94. The van der Waals surface area contributed by atoms with Gasteiger partial charge in [-0.25, -0.2) is 4.98 Å². The van der Waals surface area contributed by atoms with Crippen molar-refractivity contribution in [3.8, 4) is 0 Å². The molecule has 2 N–H and O–H groups in total. The number of carbonyl (C=O) groups is 1. The maximum atomic E-state index is 11.9.